The van der Waals surface area contributed by atoms with Gasteiger partial charge in [0.1, 0.15) is 10.9 Å². The van der Waals surface area contributed by atoms with E-state index in [0.29, 0.717) is 0 Å². The Hall–Kier alpha value is -3.50. The molecule has 0 N–H and O–H groups in total. The fraction of sp³-hybridized carbons (Fsp3) is 0.0588. The summed E-state index contributed by atoms with van der Waals surface area (Å²) in [6.45, 7) is 0. The molecule has 6 aromatic rings. The molecule has 3 heteroatoms. The first kappa shape index (κ1) is 23.9. The molecule has 180 valence electrons. The van der Waals surface area contributed by atoms with Crippen molar-refractivity contribution in [3.63, 3.8) is 0 Å². The van der Waals surface area contributed by atoms with Gasteiger partial charge in [0.25, 0.3) is 0 Å². The number of rotatable bonds is 8. The predicted molar refractivity (Wildman–Crippen MR) is 159 cm³/mol. The molecule has 37 heavy (non-hydrogen) atoms. The fourth-order valence-electron chi connectivity index (χ4n) is 4.41. The van der Waals surface area contributed by atoms with Gasteiger partial charge in [-0.2, -0.15) is 0 Å². The number of hydrogen-bond donors (Lipinski definition) is 0. The summed E-state index contributed by atoms with van der Waals surface area (Å²) in [7, 11) is 0. The Morgan fingerprint density at radius 3 is 1.19 bits per heavy atom. The lowest BCUT2D eigenvalue weighted by atomic mass is 10.1. The van der Waals surface area contributed by atoms with E-state index in [1.165, 1.54) is 31.3 Å². The summed E-state index contributed by atoms with van der Waals surface area (Å²) in [5, 5.41) is 4.98. The minimum atomic E-state index is -0.166. The first-order valence-electron chi connectivity index (χ1n) is 12.4. The maximum Gasteiger partial charge on any atom is 0.134 e. The number of thioether (sulfide) groups is 2. The maximum absolute atomic E-state index is 6.98. The lowest BCUT2D eigenvalue weighted by molar-refractivity contribution is 0.0919. The third-order valence-corrected chi connectivity index (χ3v) is 8.57. The molecule has 0 spiro atoms. The van der Waals surface area contributed by atoms with Gasteiger partial charge in [0.15, 0.2) is 0 Å². The van der Waals surface area contributed by atoms with Crippen LogP contribution in [-0.2, 0) is 4.74 Å². The molecule has 0 saturated carbocycles. The highest BCUT2D eigenvalue weighted by atomic mass is 32.2. The van der Waals surface area contributed by atoms with Crippen LogP contribution in [0.5, 0.6) is 0 Å². The van der Waals surface area contributed by atoms with E-state index in [9.17, 15) is 0 Å². The van der Waals surface area contributed by atoms with Gasteiger partial charge >= 0.3 is 0 Å². The third-order valence-electron chi connectivity index (χ3n) is 6.32. The fourth-order valence-corrected chi connectivity index (χ4v) is 6.58. The Bertz CT molecular complexity index is 1490. The average molecular weight is 515 g/mol. The predicted octanol–water partition coefficient (Wildman–Crippen LogP) is 10.3. The Kier molecular flexibility index (Phi) is 7.27. The summed E-state index contributed by atoms with van der Waals surface area (Å²) < 4.78 is 6.98. The van der Waals surface area contributed by atoms with Crippen molar-refractivity contribution in [3.8, 4) is 0 Å². The standard InChI is InChI=1S/C34H26OS2/c1-3-13-27(14-4-1)33(36-31-21-19-25-11-7-9-17-29(25)23-31)35-34(28-15-5-2-6-16-28)37-32-22-20-26-12-8-10-18-30(26)24-32/h1-24,33-34H. The van der Waals surface area contributed by atoms with Crippen LogP contribution >= 0.6 is 23.5 Å². The first-order chi connectivity index (χ1) is 18.3. The van der Waals surface area contributed by atoms with Crippen LogP contribution in [0.25, 0.3) is 21.5 Å². The van der Waals surface area contributed by atoms with Gasteiger partial charge in [0.05, 0.1) is 0 Å². The Labute approximate surface area is 226 Å². The highest BCUT2D eigenvalue weighted by Gasteiger charge is 2.22. The molecule has 0 bridgehead atoms. The third kappa shape index (κ3) is 5.75. The summed E-state index contributed by atoms with van der Waals surface area (Å²) in [6, 6.07) is 51.3. The monoisotopic (exact) mass is 514 g/mol. The van der Waals surface area contributed by atoms with Gasteiger partial charge in [-0.1, -0.05) is 145 Å². The Morgan fingerprint density at radius 2 is 0.757 bits per heavy atom. The van der Waals surface area contributed by atoms with E-state index < -0.39 is 0 Å². The number of benzene rings is 6. The Balaban J connectivity index is 1.34. The Morgan fingerprint density at radius 1 is 0.378 bits per heavy atom. The van der Waals surface area contributed by atoms with Gasteiger partial charge in [-0.25, -0.2) is 0 Å². The van der Waals surface area contributed by atoms with Crippen LogP contribution < -0.4 is 0 Å². The van der Waals surface area contributed by atoms with Crippen molar-refractivity contribution in [2.24, 2.45) is 0 Å². The van der Waals surface area contributed by atoms with E-state index in [1.807, 2.05) is 0 Å². The lowest BCUT2D eigenvalue weighted by Gasteiger charge is -2.25. The smallest absolute Gasteiger partial charge is 0.134 e. The molecular weight excluding hydrogens is 489 g/mol. The van der Waals surface area contributed by atoms with Crippen molar-refractivity contribution < 1.29 is 4.74 Å². The number of fused-ring (bicyclic) bond motifs is 2. The zero-order valence-electron chi connectivity index (χ0n) is 20.2. The molecule has 0 heterocycles. The van der Waals surface area contributed by atoms with Crippen molar-refractivity contribution in [3.05, 3.63) is 157 Å². The summed E-state index contributed by atoms with van der Waals surface area (Å²) >= 11 is 3.51. The van der Waals surface area contributed by atoms with Gasteiger partial charge < -0.3 is 4.74 Å². The lowest BCUT2D eigenvalue weighted by Crippen LogP contribution is -2.06. The highest BCUT2D eigenvalue weighted by Crippen LogP contribution is 2.46. The van der Waals surface area contributed by atoms with Crippen LogP contribution in [0, 0.1) is 0 Å². The normalized spacial score (nSPS) is 13.0. The minimum absolute atomic E-state index is 0.166. The van der Waals surface area contributed by atoms with Crippen molar-refractivity contribution >= 4 is 45.1 Å². The molecule has 0 fully saturated rings. The number of hydrogen-bond acceptors (Lipinski definition) is 3. The molecule has 0 radical (unpaired) electrons. The SMILES string of the molecule is c1ccc(C(OC(Sc2ccc3ccccc3c2)c2ccccc2)Sc2ccc3ccccc3c2)cc1. The molecule has 1 nitrogen and oxygen atoms in total. The van der Waals surface area contributed by atoms with Gasteiger partial charge in [-0.15, -0.1) is 0 Å². The second-order valence-corrected chi connectivity index (χ2v) is 11.1. The van der Waals surface area contributed by atoms with Crippen LogP contribution in [0.15, 0.2) is 155 Å². The summed E-state index contributed by atoms with van der Waals surface area (Å²) in [6.07, 6.45) is 0. The molecule has 6 rings (SSSR count). The van der Waals surface area contributed by atoms with Gasteiger partial charge in [0, 0.05) is 9.79 Å². The second kappa shape index (κ2) is 11.3. The minimum Gasteiger partial charge on any atom is -0.343 e. The largest absolute Gasteiger partial charge is 0.343 e. The summed E-state index contributed by atoms with van der Waals surface area (Å²) in [4.78, 5) is 2.38. The molecule has 6 aromatic carbocycles. The van der Waals surface area contributed by atoms with Gasteiger partial charge in [-0.05, 0) is 56.9 Å². The zero-order valence-corrected chi connectivity index (χ0v) is 21.9. The molecule has 2 atom stereocenters. The van der Waals surface area contributed by atoms with E-state index in [0.717, 1.165) is 11.1 Å². The highest BCUT2D eigenvalue weighted by molar-refractivity contribution is 8.00. The van der Waals surface area contributed by atoms with Crippen LogP contribution in [0.4, 0.5) is 0 Å². The summed E-state index contributed by atoms with van der Waals surface area (Å²) in [5.41, 5.74) is 1.97. The topological polar surface area (TPSA) is 9.23 Å². The molecule has 0 aliphatic heterocycles. The van der Waals surface area contributed by atoms with Crippen molar-refractivity contribution in [1.29, 1.82) is 0 Å². The van der Waals surface area contributed by atoms with Crippen LogP contribution in [0.3, 0.4) is 0 Å². The maximum atomic E-state index is 6.98. The second-order valence-electron chi connectivity index (χ2n) is 8.87. The molecule has 0 amide bonds. The molecule has 2 unspecified atom stereocenters. The average Bonchev–Trinajstić information content (AvgIpc) is 2.97. The van der Waals surface area contributed by atoms with Crippen LogP contribution in [0.2, 0.25) is 0 Å². The quantitative estimate of drug-likeness (QED) is 0.148. The molecule has 0 aliphatic rings. The van der Waals surface area contributed by atoms with Crippen molar-refractivity contribution in [1.82, 2.24) is 0 Å². The molecule has 0 aromatic heterocycles. The van der Waals surface area contributed by atoms with E-state index in [4.69, 9.17) is 4.74 Å². The summed E-state index contributed by atoms with van der Waals surface area (Å²) in [5.74, 6) is 0. The van der Waals surface area contributed by atoms with Crippen LogP contribution in [0.1, 0.15) is 22.0 Å². The number of ether oxygens (including phenoxy) is 1. The van der Waals surface area contributed by atoms with Crippen molar-refractivity contribution in [2.75, 3.05) is 0 Å². The van der Waals surface area contributed by atoms with Crippen LogP contribution in [-0.4, -0.2) is 0 Å². The van der Waals surface area contributed by atoms with E-state index in [1.54, 1.807) is 23.5 Å². The van der Waals surface area contributed by atoms with Gasteiger partial charge in [0.2, 0.25) is 0 Å². The zero-order chi connectivity index (χ0) is 24.9. The first-order valence-corrected chi connectivity index (χ1v) is 14.1. The van der Waals surface area contributed by atoms with E-state index in [2.05, 4.69) is 146 Å². The molecule has 0 aliphatic carbocycles. The van der Waals surface area contributed by atoms with E-state index >= 15 is 0 Å². The van der Waals surface area contributed by atoms with Crippen molar-refractivity contribution in [2.45, 2.75) is 20.7 Å². The molecule has 0 saturated heterocycles. The molecular formula is C34H26OS2. The van der Waals surface area contributed by atoms with E-state index in [-0.39, 0.29) is 10.9 Å². The van der Waals surface area contributed by atoms with Gasteiger partial charge in [-0.3, -0.25) is 0 Å².